The van der Waals surface area contributed by atoms with Crippen molar-refractivity contribution in [2.75, 3.05) is 20.6 Å². The summed E-state index contributed by atoms with van der Waals surface area (Å²) < 4.78 is 0. The van der Waals surface area contributed by atoms with E-state index in [9.17, 15) is 0 Å². The molecule has 3 N–H and O–H groups in total. The molecule has 0 fully saturated rings. The summed E-state index contributed by atoms with van der Waals surface area (Å²) in [4.78, 5) is 6.56. The number of unbranched alkanes of at least 4 members (excludes halogenated alkanes) is 3. The lowest BCUT2D eigenvalue weighted by Crippen LogP contribution is -2.32. The van der Waals surface area contributed by atoms with Crippen molar-refractivity contribution >= 4 is 5.96 Å². The first-order valence-corrected chi connectivity index (χ1v) is 7.88. The maximum Gasteiger partial charge on any atom is 0.188 e. The van der Waals surface area contributed by atoms with E-state index in [1.807, 2.05) is 0 Å². The zero-order valence-corrected chi connectivity index (χ0v) is 13.7. The average Bonchev–Trinajstić information content (AvgIpc) is 2.44. The van der Waals surface area contributed by atoms with E-state index >= 15 is 0 Å². The van der Waals surface area contributed by atoms with Gasteiger partial charge in [-0.25, -0.2) is 4.99 Å². The van der Waals surface area contributed by atoms with E-state index < -0.39 is 0 Å². The van der Waals surface area contributed by atoms with Gasteiger partial charge in [-0.2, -0.15) is 0 Å². The number of hydrogen-bond donors (Lipinski definition) is 2. The lowest BCUT2D eigenvalue weighted by molar-refractivity contribution is 0.402. The monoisotopic (exact) mass is 290 g/mol. The first-order valence-electron chi connectivity index (χ1n) is 7.88. The predicted octanol–water partition coefficient (Wildman–Crippen LogP) is 2.73. The molecule has 1 rings (SSSR count). The molecule has 0 unspecified atom stereocenters. The highest BCUT2D eigenvalue weighted by atomic mass is 15.1. The Labute approximate surface area is 129 Å². The highest BCUT2D eigenvalue weighted by Crippen LogP contribution is 2.08. The minimum atomic E-state index is 0.546. The lowest BCUT2D eigenvalue weighted by Gasteiger charge is -2.10. The molecule has 0 atom stereocenters. The first-order chi connectivity index (χ1) is 10.1. The van der Waals surface area contributed by atoms with Gasteiger partial charge in [-0.1, -0.05) is 50.5 Å². The number of nitrogens with one attached hydrogen (secondary N) is 1. The molecule has 0 aliphatic carbocycles. The highest BCUT2D eigenvalue weighted by Gasteiger charge is 1.98. The molecule has 118 valence electrons. The fourth-order valence-electron chi connectivity index (χ4n) is 2.19. The van der Waals surface area contributed by atoms with Crippen LogP contribution < -0.4 is 11.1 Å². The van der Waals surface area contributed by atoms with Crippen LogP contribution in [0.25, 0.3) is 0 Å². The molecule has 1 aromatic rings. The molecular formula is C17H30N4. The Morgan fingerprint density at radius 2 is 1.95 bits per heavy atom. The van der Waals surface area contributed by atoms with E-state index in [1.165, 1.54) is 30.4 Å². The van der Waals surface area contributed by atoms with E-state index in [4.69, 9.17) is 5.73 Å². The Kier molecular flexibility index (Phi) is 8.51. The van der Waals surface area contributed by atoms with Crippen molar-refractivity contribution < 1.29 is 0 Å². The number of nitrogens with two attached hydrogens (primary N) is 1. The SMILES string of the molecule is CCCCCCNC(N)=NCc1cccc(CN(C)C)c1. The average molecular weight is 290 g/mol. The predicted molar refractivity (Wildman–Crippen MR) is 91.3 cm³/mol. The van der Waals surface area contributed by atoms with E-state index in [0.29, 0.717) is 12.5 Å². The van der Waals surface area contributed by atoms with Gasteiger partial charge in [-0.05, 0) is 31.6 Å². The second-order valence-electron chi connectivity index (χ2n) is 5.75. The number of hydrogen-bond acceptors (Lipinski definition) is 2. The molecule has 0 saturated carbocycles. The highest BCUT2D eigenvalue weighted by molar-refractivity contribution is 5.77. The van der Waals surface area contributed by atoms with Crippen molar-refractivity contribution in [1.82, 2.24) is 10.2 Å². The maximum absolute atomic E-state index is 5.89. The zero-order chi connectivity index (χ0) is 15.5. The van der Waals surface area contributed by atoms with Crippen LogP contribution in [0.2, 0.25) is 0 Å². The number of benzene rings is 1. The zero-order valence-electron chi connectivity index (χ0n) is 13.7. The third kappa shape index (κ3) is 8.35. The van der Waals surface area contributed by atoms with Gasteiger partial charge in [-0.15, -0.1) is 0 Å². The molecular weight excluding hydrogens is 260 g/mol. The summed E-state index contributed by atoms with van der Waals surface area (Å²) in [5.41, 5.74) is 8.39. The fraction of sp³-hybridized carbons (Fsp3) is 0.588. The molecule has 0 aliphatic heterocycles. The van der Waals surface area contributed by atoms with Gasteiger partial charge in [0.15, 0.2) is 5.96 Å². The van der Waals surface area contributed by atoms with Crippen molar-refractivity contribution in [3.8, 4) is 0 Å². The Hall–Kier alpha value is -1.55. The van der Waals surface area contributed by atoms with Crippen LogP contribution >= 0.6 is 0 Å². The molecule has 0 saturated heterocycles. The molecule has 0 bridgehead atoms. The second-order valence-corrected chi connectivity index (χ2v) is 5.75. The van der Waals surface area contributed by atoms with Gasteiger partial charge >= 0.3 is 0 Å². The Morgan fingerprint density at radius 1 is 1.19 bits per heavy atom. The maximum atomic E-state index is 5.89. The quantitative estimate of drug-likeness (QED) is 0.418. The molecule has 4 nitrogen and oxygen atoms in total. The Morgan fingerprint density at radius 3 is 2.67 bits per heavy atom. The van der Waals surface area contributed by atoms with Crippen LogP contribution in [0.15, 0.2) is 29.3 Å². The molecule has 0 aromatic heterocycles. The summed E-state index contributed by atoms with van der Waals surface area (Å²) in [5, 5.41) is 3.18. The molecule has 0 spiro atoms. The van der Waals surface area contributed by atoms with Crippen LogP contribution in [0.5, 0.6) is 0 Å². The van der Waals surface area contributed by atoms with Gasteiger partial charge in [-0.3, -0.25) is 0 Å². The Bertz CT molecular complexity index is 427. The number of aliphatic imine (C=N–C) groups is 1. The lowest BCUT2D eigenvalue weighted by atomic mass is 10.1. The van der Waals surface area contributed by atoms with E-state index in [2.05, 4.69) is 60.5 Å². The van der Waals surface area contributed by atoms with Crippen LogP contribution in [0.4, 0.5) is 0 Å². The minimum Gasteiger partial charge on any atom is -0.370 e. The van der Waals surface area contributed by atoms with Crippen molar-refractivity contribution in [3.63, 3.8) is 0 Å². The molecule has 21 heavy (non-hydrogen) atoms. The normalized spacial score (nSPS) is 11.9. The van der Waals surface area contributed by atoms with Gasteiger partial charge in [0.1, 0.15) is 0 Å². The fourth-order valence-corrected chi connectivity index (χ4v) is 2.19. The third-order valence-electron chi connectivity index (χ3n) is 3.26. The second kappa shape index (κ2) is 10.2. The molecule has 0 heterocycles. The molecule has 0 amide bonds. The Balaban J connectivity index is 2.36. The van der Waals surface area contributed by atoms with E-state index in [1.54, 1.807) is 0 Å². The van der Waals surface area contributed by atoms with Gasteiger partial charge in [0.05, 0.1) is 6.54 Å². The van der Waals surface area contributed by atoms with Crippen molar-refractivity contribution in [1.29, 1.82) is 0 Å². The summed E-state index contributed by atoms with van der Waals surface area (Å²) in [6.07, 6.45) is 4.95. The van der Waals surface area contributed by atoms with Crippen LogP contribution in [-0.4, -0.2) is 31.5 Å². The summed E-state index contributed by atoms with van der Waals surface area (Å²) >= 11 is 0. The van der Waals surface area contributed by atoms with Crippen molar-refractivity contribution in [2.24, 2.45) is 10.7 Å². The topological polar surface area (TPSA) is 53.6 Å². The van der Waals surface area contributed by atoms with Crippen molar-refractivity contribution in [3.05, 3.63) is 35.4 Å². The summed E-state index contributed by atoms with van der Waals surface area (Å²) in [7, 11) is 4.15. The smallest absolute Gasteiger partial charge is 0.188 e. The largest absolute Gasteiger partial charge is 0.370 e. The molecule has 0 radical (unpaired) electrons. The number of nitrogens with zero attached hydrogens (tertiary/aromatic N) is 2. The summed E-state index contributed by atoms with van der Waals surface area (Å²) in [5.74, 6) is 0.546. The van der Waals surface area contributed by atoms with Gasteiger partial charge in [0.2, 0.25) is 0 Å². The standard InChI is InChI=1S/C17H30N4/c1-4-5-6-7-11-19-17(18)20-13-15-9-8-10-16(12-15)14-21(2)3/h8-10,12H,4-7,11,13-14H2,1-3H3,(H3,18,19,20). The third-order valence-corrected chi connectivity index (χ3v) is 3.26. The van der Waals surface area contributed by atoms with Crippen LogP contribution in [0.3, 0.4) is 0 Å². The van der Waals surface area contributed by atoms with Crippen LogP contribution in [0.1, 0.15) is 43.7 Å². The summed E-state index contributed by atoms with van der Waals surface area (Å²) in [6, 6.07) is 8.51. The van der Waals surface area contributed by atoms with Gasteiger partial charge < -0.3 is 16.0 Å². The van der Waals surface area contributed by atoms with Gasteiger partial charge in [0.25, 0.3) is 0 Å². The molecule has 4 heteroatoms. The minimum absolute atomic E-state index is 0.546. The molecule has 1 aromatic carbocycles. The van der Waals surface area contributed by atoms with Gasteiger partial charge in [0, 0.05) is 13.1 Å². The van der Waals surface area contributed by atoms with E-state index in [-0.39, 0.29) is 0 Å². The van der Waals surface area contributed by atoms with Crippen LogP contribution in [0, 0.1) is 0 Å². The molecule has 0 aliphatic rings. The first kappa shape index (κ1) is 17.5. The van der Waals surface area contributed by atoms with Crippen molar-refractivity contribution in [2.45, 2.75) is 45.7 Å². The summed E-state index contributed by atoms with van der Waals surface area (Å²) in [6.45, 7) is 4.71. The number of rotatable bonds is 9. The number of guanidine groups is 1. The van der Waals surface area contributed by atoms with Crippen LogP contribution in [-0.2, 0) is 13.1 Å². The van der Waals surface area contributed by atoms with E-state index in [0.717, 1.165) is 19.5 Å².